The normalized spacial score (nSPS) is 13.5. The van der Waals surface area contributed by atoms with Crippen LogP contribution in [-0.4, -0.2) is 7.05 Å². The second kappa shape index (κ2) is 5.89. The quantitative estimate of drug-likeness (QED) is 0.849. The molecule has 0 spiro atoms. The van der Waals surface area contributed by atoms with Gasteiger partial charge in [-0.05, 0) is 45.9 Å². The minimum Gasteiger partial charge on any atom is -0.313 e. The molecule has 1 unspecified atom stereocenters. The zero-order valence-corrected chi connectivity index (χ0v) is 11.4. The maximum atomic E-state index is 3.51. The van der Waals surface area contributed by atoms with E-state index in [0.29, 0.717) is 6.04 Å². The highest BCUT2D eigenvalue weighted by molar-refractivity contribution is 9.11. The molecular formula is C11H18BrNS. The predicted octanol–water partition coefficient (Wildman–Crippen LogP) is 4.21. The number of hydrogen-bond acceptors (Lipinski definition) is 2. The number of rotatable bonds is 5. The van der Waals surface area contributed by atoms with E-state index in [-0.39, 0.29) is 0 Å². The van der Waals surface area contributed by atoms with Crippen LogP contribution in [0.4, 0.5) is 0 Å². The fourth-order valence-corrected chi connectivity index (χ4v) is 3.13. The van der Waals surface area contributed by atoms with Gasteiger partial charge in [0.2, 0.25) is 0 Å². The first-order valence-electron chi connectivity index (χ1n) is 5.14. The lowest BCUT2D eigenvalue weighted by Crippen LogP contribution is -2.24. The number of thiophene rings is 1. The highest BCUT2D eigenvalue weighted by atomic mass is 79.9. The van der Waals surface area contributed by atoms with Crippen LogP contribution in [0.1, 0.15) is 38.3 Å². The van der Waals surface area contributed by atoms with E-state index in [0.717, 1.165) is 5.92 Å². The van der Waals surface area contributed by atoms with Crippen molar-refractivity contribution in [1.29, 1.82) is 0 Å². The fourth-order valence-electron chi connectivity index (χ4n) is 1.92. The lowest BCUT2D eigenvalue weighted by atomic mass is 9.90. The summed E-state index contributed by atoms with van der Waals surface area (Å²) in [6, 6.07) is 2.73. The molecule has 0 radical (unpaired) electrons. The van der Waals surface area contributed by atoms with Gasteiger partial charge in [0.1, 0.15) is 0 Å². The monoisotopic (exact) mass is 275 g/mol. The van der Waals surface area contributed by atoms with E-state index in [1.54, 1.807) is 11.3 Å². The minimum atomic E-state index is 0.507. The van der Waals surface area contributed by atoms with Gasteiger partial charge in [-0.1, -0.05) is 26.7 Å². The number of hydrogen-bond donors (Lipinski definition) is 1. The molecular weight excluding hydrogens is 258 g/mol. The lowest BCUT2D eigenvalue weighted by molar-refractivity contribution is 0.360. The second-order valence-electron chi connectivity index (χ2n) is 3.53. The van der Waals surface area contributed by atoms with Gasteiger partial charge in [0.15, 0.2) is 0 Å². The average Bonchev–Trinajstić information content (AvgIpc) is 2.60. The number of nitrogens with one attached hydrogen (secondary N) is 1. The zero-order chi connectivity index (χ0) is 10.6. The van der Waals surface area contributed by atoms with Crippen molar-refractivity contribution in [2.45, 2.75) is 32.7 Å². The van der Waals surface area contributed by atoms with Crippen LogP contribution < -0.4 is 5.32 Å². The smallest absolute Gasteiger partial charge is 0.0701 e. The van der Waals surface area contributed by atoms with E-state index in [2.05, 4.69) is 53.6 Å². The molecule has 1 nitrogen and oxygen atoms in total. The van der Waals surface area contributed by atoms with Crippen LogP contribution >= 0.6 is 27.3 Å². The first-order valence-corrected chi connectivity index (χ1v) is 6.81. The molecule has 3 heteroatoms. The van der Waals surface area contributed by atoms with Crippen molar-refractivity contribution < 1.29 is 0 Å². The summed E-state index contributed by atoms with van der Waals surface area (Å²) in [5.74, 6) is 0.737. The van der Waals surface area contributed by atoms with Crippen molar-refractivity contribution in [3.05, 3.63) is 20.8 Å². The molecule has 1 aromatic rings. The third kappa shape index (κ3) is 2.81. The molecule has 1 heterocycles. The predicted molar refractivity (Wildman–Crippen MR) is 67.9 cm³/mol. The molecule has 80 valence electrons. The zero-order valence-electron chi connectivity index (χ0n) is 9.01. The largest absolute Gasteiger partial charge is 0.313 e. The Balaban J connectivity index is 2.80. The topological polar surface area (TPSA) is 12.0 Å². The van der Waals surface area contributed by atoms with Gasteiger partial charge in [-0.15, -0.1) is 11.3 Å². The molecule has 0 fully saturated rings. The lowest BCUT2D eigenvalue weighted by Gasteiger charge is -2.24. The number of halogens is 1. The summed E-state index contributed by atoms with van der Waals surface area (Å²) in [4.78, 5) is 0. The first-order chi connectivity index (χ1) is 6.72. The van der Waals surface area contributed by atoms with Gasteiger partial charge in [-0.3, -0.25) is 0 Å². The summed E-state index contributed by atoms with van der Waals surface area (Å²) >= 11 is 5.28. The Morgan fingerprint density at radius 3 is 2.43 bits per heavy atom. The van der Waals surface area contributed by atoms with E-state index in [1.165, 1.54) is 22.2 Å². The van der Waals surface area contributed by atoms with Crippen LogP contribution in [0.15, 0.2) is 15.2 Å². The van der Waals surface area contributed by atoms with Gasteiger partial charge < -0.3 is 5.32 Å². The van der Waals surface area contributed by atoms with Crippen LogP contribution in [0.3, 0.4) is 0 Å². The third-order valence-electron chi connectivity index (χ3n) is 2.78. The minimum absolute atomic E-state index is 0.507. The van der Waals surface area contributed by atoms with Crippen molar-refractivity contribution in [3.63, 3.8) is 0 Å². The van der Waals surface area contributed by atoms with Crippen molar-refractivity contribution in [3.8, 4) is 0 Å². The fraction of sp³-hybridized carbons (Fsp3) is 0.636. The van der Waals surface area contributed by atoms with Crippen LogP contribution in [0.5, 0.6) is 0 Å². The van der Waals surface area contributed by atoms with E-state index >= 15 is 0 Å². The highest BCUT2D eigenvalue weighted by Gasteiger charge is 2.19. The maximum Gasteiger partial charge on any atom is 0.0701 e. The van der Waals surface area contributed by atoms with Gasteiger partial charge in [-0.2, -0.15) is 0 Å². The Labute approximate surface area is 99.0 Å². The van der Waals surface area contributed by atoms with E-state index in [1.807, 2.05) is 0 Å². The summed E-state index contributed by atoms with van der Waals surface area (Å²) in [6.45, 7) is 4.53. The molecule has 0 aromatic carbocycles. The summed E-state index contributed by atoms with van der Waals surface area (Å²) in [6.07, 6.45) is 2.46. The molecule has 0 bridgehead atoms. The Bertz CT molecular complexity index is 268. The van der Waals surface area contributed by atoms with Gasteiger partial charge in [0.05, 0.1) is 3.79 Å². The summed E-state index contributed by atoms with van der Waals surface area (Å²) in [5, 5.41) is 5.66. The average molecular weight is 276 g/mol. The van der Waals surface area contributed by atoms with Gasteiger partial charge in [0.25, 0.3) is 0 Å². The van der Waals surface area contributed by atoms with E-state index in [9.17, 15) is 0 Å². The molecule has 0 aliphatic heterocycles. The van der Waals surface area contributed by atoms with Crippen LogP contribution in [0.25, 0.3) is 0 Å². The van der Waals surface area contributed by atoms with Crippen LogP contribution in [0, 0.1) is 5.92 Å². The van der Waals surface area contributed by atoms with Crippen molar-refractivity contribution in [2.75, 3.05) is 7.05 Å². The van der Waals surface area contributed by atoms with Crippen molar-refractivity contribution >= 4 is 27.3 Å². The van der Waals surface area contributed by atoms with Crippen molar-refractivity contribution in [1.82, 2.24) is 5.32 Å². The molecule has 1 N–H and O–H groups in total. The van der Waals surface area contributed by atoms with Crippen LogP contribution in [0.2, 0.25) is 0 Å². The molecule has 14 heavy (non-hydrogen) atoms. The molecule has 1 atom stereocenters. The first kappa shape index (κ1) is 12.2. The third-order valence-corrected chi connectivity index (χ3v) is 4.30. The molecule has 1 rings (SSSR count). The van der Waals surface area contributed by atoms with E-state index in [4.69, 9.17) is 0 Å². The second-order valence-corrected chi connectivity index (χ2v) is 5.82. The molecule has 0 aliphatic rings. The Hall–Kier alpha value is 0.140. The Kier molecular flexibility index (Phi) is 5.13. The molecule has 0 aliphatic carbocycles. The van der Waals surface area contributed by atoms with Crippen LogP contribution in [-0.2, 0) is 0 Å². The maximum absolute atomic E-state index is 3.51. The molecule has 0 saturated carbocycles. The van der Waals surface area contributed by atoms with Crippen molar-refractivity contribution in [2.24, 2.45) is 5.92 Å². The summed E-state index contributed by atoms with van der Waals surface area (Å²) in [7, 11) is 2.05. The Morgan fingerprint density at radius 2 is 2.07 bits per heavy atom. The van der Waals surface area contributed by atoms with Gasteiger partial charge >= 0.3 is 0 Å². The molecule has 1 aromatic heterocycles. The Morgan fingerprint density at radius 1 is 1.43 bits per heavy atom. The highest BCUT2D eigenvalue weighted by Crippen LogP contribution is 2.31. The van der Waals surface area contributed by atoms with Gasteiger partial charge in [-0.25, -0.2) is 0 Å². The molecule has 0 amide bonds. The van der Waals surface area contributed by atoms with Gasteiger partial charge in [0, 0.05) is 6.04 Å². The standard InChI is InChI=1S/C11H18BrNS/c1-4-8(5-2)11(13-3)9-6-10(12)14-7-9/h6-8,11,13H,4-5H2,1-3H3. The SMILES string of the molecule is CCC(CC)C(NC)c1csc(Br)c1. The summed E-state index contributed by atoms with van der Waals surface area (Å²) < 4.78 is 1.22. The molecule has 0 saturated heterocycles. The van der Waals surface area contributed by atoms with E-state index < -0.39 is 0 Å². The summed E-state index contributed by atoms with van der Waals surface area (Å²) in [5.41, 5.74) is 1.41.